The van der Waals surface area contributed by atoms with Gasteiger partial charge in [-0.3, -0.25) is 4.79 Å². The van der Waals surface area contributed by atoms with Crippen LogP contribution in [0.5, 0.6) is 0 Å². The number of aromatic nitrogens is 3. The number of nitrogens with one attached hydrogen (secondary N) is 1. The van der Waals surface area contributed by atoms with Crippen LogP contribution in [0.3, 0.4) is 0 Å². The Balaban J connectivity index is 1.83. The molecule has 2 rings (SSSR count). The first-order valence-corrected chi connectivity index (χ1v) is 7.74. The topological polar surface area (TPSA) is 85.8 Å². The summed E-state index contributed by atoms with van der Waals surface area (Å²) in [6.07, 6.45) is 3.49. The Kier molecular flexibility index (Phi) is 5.21. The number of carbonyl (C=O) groups is 1. The average molecular weight is 283 g/mol. The highest BCUT2D eigenvalue weighted by Gasteiger charge is 2.21. The molecule has 6 nitrogen and oxygen atoms in total. The number of rotatable bonds is 8. The minimum absolute atomic E-state index is 0.0669. The Bertz CT molecular complexity index is 430. The number of hydrogen-bond donors (Lipinski definition) is 2. The number of amides is 1. The minimum Gasteiger partial charge on any atom is -0.355 e. The second-order valence-electron chi connectivity index (χ2n) is 4.79. The van der Waals surface area contributed by atoms with Crippen LogP contribution in [-0.4, -0.2) is 33.0 Å². The van der Waals surface area contributed by atoms with E-state index in [1.165, 1.54) is 24.6 Å². The maximum Gasteiger partial charge on any atom is 0.230 e. The molecule has 0 bridgehead atoms. The van der Waals surface area contributed by atoms with Crippen LogP contribution in [0.25, 0.3) is 0 Å². The van der Waals surface area contributed by atoms with Crippen molar-refractivity contribution in [3.8, 4) is 0 Å². The first-order chi connectivity index (χ1) is 9.24. The predicted octanol–water partition coefficient (Wildman–Crippen LogP) is 0.765. The number of thioether (sulfide) groups is 1. The second-order valence-corrected chi connectivity index (χ2v) is 5.73. The van der Waals surface area contributed by atoms with Crippen LogP contribution in [0.2, 0.25) is 0 Å². The molecule has 3 N–H and O–H groups in total. The zero-order chi connectivity index (χ0) is 13.7. The highest BCUT2D eigenvalue weighted by Crippen LogP contribution is 2.27. The summed E-state index contributed by atoms with van der Waals surface area (Å²) in [7, 11) is 0. The zero-order valence-electron chi connectivity index (χ0n) is 11.3. The molecule has 1 aromatic heterocycles. The minimum atomic E-state index is 0.0669. The van der Waals surface area contributed by atoms with E-state index >= 15 is 0 Å². The van der Waals surface area contributed by atoms with Gasteiger partial charge in [-0.05, 0) is 25.2 Å². The molecule has 1 saturated carbocycles. The van der Waals surface area contributed by atoms with E-state index in [1.54, 1.807) is 0 Å². The third-order valence-corrected chi connectivity index (χ3v) is 4.01. The fourth-order valence-corrected chi connectivity index (χ4v) is 2.60. The zero-order valence-corrected chi connectivity index (χ0v) is 12.1. The van der Waals surface area contributed by atoms with Gasteiger partial charge in [-0.1, -0.05) is 18.7 Å². The summed E-state index contributed by atoms with van der Waals surface area (Å²) in [6.45, 7) is 4.12. The number of carbonyl (C=O) groups excluding carboxylic acids is 1. The lowest BCUT2D eigenvalue weighted by atomic mass is 10.4. The van der Waals surface area contributed by atoms with Gasteiger partial charge in [-0.25, -0.2) is 0 Å². The molecule has 0 aliphatic heterocycles. The van der Waals surface area contributed by atoms with E-state index in [-0.39, 0.29) is 5.91 Å². The molecule has 0 aromatic carbocycles. The summed E-state index contributed by atoms with van der Waals surface area (Å²) in [4.78, 5) is 11.7. The fraction of sp³-hybridized carbons (Fsp3) is 0.750. The SMILES string of the molecule is CCCn1c(CN)nnc1SCC(=O)NCC1CC1. The summed E-state index contributed by atoms with van der Waals surface area (Å²) >= 11 is 1.43. The van der Waals surface area contributed by atoms with E-state index in [2.05, 4.69) is 22.4 Å². The molecule has 0 radical (unpaired) electrons. The Labute approximate surface area is 117 Å². The molecule has 0 atom stereocenters. The van der Waals surface area contributed by atoms with Crippen LogP contribution in [-0.2, 0) is 17.9 Å². The molecule has 1 fully saturated rings. The summed E-state index contributed by atoms with van der Waals surface area (Å²) in [5.74, 6) is 1.95. The third kappa shape index (κ3) is 4.21. The molecule has 1 aliphatic carbocycles. The molecule has 0 saturated heterocycles. The fourth-order valence-electron chi connectivity index (χ4n) is 1.79. The van der Waals surface area contributed by atoms with Crippen LogP contribution in [0.15, 0.2) is 5.16 Å². The lowest BCUT2D eigenvalue weighted by molar-refractivity contribution is -0.118. The van der Waals surface area contributed by atoms with Crippen LogP contribution < -0.4 is 11.1 Å². The standard InChI is InChI=1S/C12H21N5OS/c1-2-5-17-10(6-13)15-16-12(17)19-8-11(18)14-7-9-3-4-9/h9H,2-8,13H2,1H3,(H,14,18). The van der Waals surface area contributed by atoms with Gasteiger partial charge in [0.05, 0.1) is 12.3 Å². The quantitative estimate of drug-likeness (QED) is 0.688. The van der Waals surface area contributed by atoms with E-state index in [0.717, 1.165) is 30.5 Å². The van der Waals surface area contributed by atoms with Crippen molar-refractivity contribution in [1.29, 1.82) is 0 Å². The normalized spacial score (nSPS) is 14.6. The molecular weight excluding hydrogens is 262 g/mol. The highest BCUT2D eigenvalue weighted by molar-refractivity contribution is 7.99. The van der Waals surface area contributed by atoms with Gasteiger partial charge in [0.2, 0.25) is 5.91 Å². The molecule has 7 heteroatoms. The molecule has 0 spiro atoms. The summed E-state index contributed by atoms with van der Waals surface area (Å²) < 4.78 is 2.00. The van der Waals surface area contributed by atoms with Gasteiger partial charge < -0.3 is 15.6 Å². The maximum absolute atomic E-state index is 11.7. The first-order valence-electron chi connectivity index (χ1n) is 6.76. The van der Waals surface area contributed by atoms with Crippen molar-refractivity contribution < 1.29 is 4.79 Å². The van der Waals surface area contributed by atoms with E-state index < -0.39 is 0 Å². The van der Waals surface area contributed by atoms with Gasteiger partial charge in [0, 0.05) is 13.1 Å². The van der Waals surface area contributed by atoms with Gasteiger partial charge in [-0.2, -0.15) is 0 Å². The van der Waals surface area contributed by atoms with Gasteiger partial charge in [0.15, 0.2) is 5.16 Å². The largest absolute Gasteiger partial charge is 0.355 e. The molecule has 106 valence electrons. The van der Waals surface area contributed by atoms with Crippen molar-refractivity contribution in [2.45, 2.75) is 44.4 Å². The first kappa shape index (κ1) is 14.3. The second kappa shape index (κ2) is 6.91. The molecule has 0 unspecified atom stereocenters. The molecule has 1 heterocycles. The van der Waals surface area contributed by atoms with Crippen molar-refractivity contribution in [1.82, 2.24) is 20.1 Å². The van der Waals surface area contributed by atoms with Crippen molar-refractivity contribution in [3.05, 3.63) is 5.82 Å². The van der Waals surface area contributed by atoms with Crippen molar-refractivity contribution in [2.24, 2.45) is 11.7 Å². The number of hydrogen-bond acceptors (Lipinski definition) is 5. The van der Waals surface area contributed by atoms with Crippen molar-refractivity contribution >= 4 is 17.7 Å². The Hall–Kier alpha value is -1.08. The van der Waals surface area contributed by atoms with Crippen LogP contribution in [0, 0.1) is 5.92 Å². The molecule has 19 heavy (non-hydrogen) atoms. The predicted molar refractivity (Wildman–Crippen MR) is 74.7 cm³/mol. The van der Waals surface area contributed by atoms with Gasteiger partial charge in [0.1, 0.15) is 5.82 Å². The van der Waals surface area contributed by atoms with Gasteiger partial charge in [-0.15, -0.1) is 10.2 Å². The Morgan fingerprint density at radius 1 is 1.53 bits per heavy atom. The highest BCUT2D eigenvalue weighted by atomic mass is 32.2. The summed E-state index contributed by atoms with van der Waals surface area (Å²) in [5, 5.41) is 11.9. The van der Waals surface area contributed by atoms with E-state index in [1.807, 2.05) is 4.57 Å². The van der Waals surface area contributed by atoms with Crippen molar-refractivity contribution in [2.75, 3.05) is 12.3 Å². The third-order valence-electron chi connectivity index (χ3n) is 3.04. The Morgan fingerprint density at radius 2 is 2.32 bits per heavy atom. The van der Waals surface area contributed by atoms with Crippen LogP contribution >= 0.6 is 11.8 Å². The molecule has 1 aromatic rings. The van der Waals surface area contributed by atoms with Crippen molar-refractivity contribution in [3.63, 3.8) is 0 Å². The van der Waals surface area contributed by atoms with E-state index in [0.29, 0.717) is 18.2 Å². The van der Waals surface area contributed by atoms with Gasteiger partial charge in [0.25, 0.3) is 0 Å². The van der Waals surface area contributed by atoms with E-state index in [4.69, 9.17) is 5.73 Å². The van der Waals surface area contributed by atoms with Crippen LogP contribution in [0.4, 0.5) is 0 Å². The summed E-state index contributed by atoms with van der Waals surface area (Å²) in [5.41, 5.74) is 5.63. The maximum atomic E-state index is 11.7. The monoisotopic (exact) mass is 283 g/mol. The van der Waals surface area contributed by atoms with Gasteiger partial charge >= 0.3 is 0 Å². The Morgan fingerprint density at radius 3 is 2.95 bits per heavy atom. The molecular formula is C12H21N5OS. The summed E-state index contributed by atoms with van der Waals surface area (Å²) in [6, 6.07) is 0. The lowest BCUT2D eigenvalue weighted by Gasteiger charge is -2.07. The van der Waals surface area contributed by atoms with Crippen LogP contribution in [0.1, 0.15) is 32.0 Å². The number of nitrogens with zero attached hydrogens (tertiary/aromatic N) is 3. The molecule has 1 aliphatic rings. The number of nitrogens with two attached hydrogens (primary N) is 1. The molecule has 1 amide bonds. The smallest absolute Gasteiger partial charge is 0.230 e. The lowest BCUT2D eigenvalue weighted by Crippen LogP contribution is -2.27. The van der Waals surface area contributed by atoms with E-state index in [9.17, 15) is 4.79 Å². The average Bonchev–Trinajstić information content (AvgIpc) is 3.16.